The molecule has 2 aliphatic rings. The van der Waals surface area contributed by atoms with E-state index in [-0.39, 0.29) is 18.4 Å². The molecular weight excluding hydrogens is 602 g/mol. The second-order valence-electron chi connectivity index (χ2n) is 14.6. The lowest BCUT2D eigenvalue weighted by Crippen LogP contribution is -2.70. The molecule has 2 heterocycles. The standard InChI is InChI=1S/C36H53N3O8/c1-23-12-17-27(36-31(43)29(41)30(42)35(47-36,22-46-36)34(4,5)45)21-26(23)20-25-15-13-24(14-16-25)10-9-11-28(40)37-33(2,3)32(44)39(8)19-18-38(6)7/h12-17,21,29-31,41-43,45H,9-11,18-20,22H2,1-8H3,(H,37,40)/t29-,30-,31+,35-,36-/m0/s1. The Hall–Kier alpha value is -2.90. The fourth-order valence-electron chi connectivity index (χ4n) is 6.45. The minimum atomic E-state index is -1.75. The highest BCUT2D eigenvalue weighted by molar-refractivity contribution is 5.90. The lowest BCUT2D eigenvalue weighted by atomic mass is 9.75. The van der Waals surface area contributed by atoms with E-state index < -0.39 is 40.8 Å². The average Bonchev–Trinajstić information content (AvgIpc) is 3.40. The number of nitrogens with zero attached hydrogens (tertiary/aromatic N) is 2. The minimum Gasteiger partial charge on any atom is -0.387 e. The zero-order valence-electron chi connectivity index (χ0n) is 29.0. The van der Waals surface area contributed by atoms with E-state index in [0.29, 0.717) is 37.8 Å². The van der Waals surface area contributed by atoms with Gasteiger partial charge < -0.3 is 45.0 Å². The second kappa shape index (κ2) is 13.9. The number of benzene rings is 2. The molecule has 2 saturated heterocycles. The number of aliphatic hydroxyl groups excluding tert-OH is 3. The van der Waals surface area contributed by atoms with Crippen LogP contribution < -0.4 is 5.32 Å². The zero-order chi connectivity index (χ0) is 34.9. The van der Waals surface area contributed by atoms with Gasteiger partial charge in [0.1, 0.15) is 23.9 Å². The molecule has 2 fully saturated rings. The van der Waals surface area contributed by atoms with Crippen LogP contribution in [0.4, 0.5) is 0 Å². The molecule has 0 aliphatic carbocycles. The summed E-state index contributed by atoms with van der Waals surface area (Å²) in [6.07, 6.45) is -2.46. The number of rotatable bonds is 13. The summed E-state index contributed by atoms with van der Waals surface area (Å²) in [5, 5.41) is 46.4. The third-order valence-corrected chi connectivity index (χ3v) is 9.64. The minimum absolute atomic E-state index is 0.125. The average molecular weight is 656 g/mol. The molecule has 47 heavy (non-hydrogen) atoms. The number of carbonyl (C=O) groups excluding carboxylic acids is 2. The van der Waals surface area contributed by atoms with Gasteiger partial charge in [-0.2, -0.15) is 0 Å². The summed E-state index contributed by atoms with van der Waals surface area (Å²) in [7, 11) is 5.65. The van der Waals surface area contributed by atoms with Gasteiger partial charge in [-0.15, -0.1) is 0 Å². The molecule has 0 spiro atoms. The molecule has 11 heteroatoms. The first kappa shape index (κ1) is 36.9. The van der Waals surface area contributed by atoms with Crippen molar-refractivity contribution in [1.29, 1.82) is 0 Å². The Morgan fingerprint density at radius 3 is 2.21 bits per heavy atom. The van der Waals surface area contributed by atoms with Crippen molar-refractivity contribution in [3.8, 4) is 0 Å². The van der Waals surface area contributed by atoms with Crippen molar-refractivity contribution < 1.29 is 39.5 Å². The van der Waals surface area contributed by atoms with Crippen LogP contribution in [0.2, 0.25) is 0 Å². The van der Waals surface area contributed by atoms with E-state index in [2.05, 4.69) is 5.32 Å². The number of amides is 2. The number of likely N-dealkylation sites (N-methyl/N-ethyl adjacent to an activating group) is 2. The Morgan fingerprint density at radius 2 is 1.60 bits per heavy atom. The number of ether oxygens (including phenoxy) is 2. The number of nitrogens with one attached hydrogen (secondary N) is 1. The topological polar surface area (TPSA) is 152 Å². The zero-order valence-corrected chi connectivity index (χ0v) is 29.0. The molecule has 5 atom stereocenters. The Labute approximate surface area is 278 Å². The normalized spacial score (nSPS) is 26.0. The van der Waals surface area contributed by atoms with E-state index in [0.717, 1.165) is 28.8 Å². The van der Waals surface area contributed by atoms with Gasteiger partial charge in [0.25, 0.3) is 0 Å². The maximum absolute atomic E-state index is 12.9. The number of fused-ring (bicyclic) bond motifs is 2. The number of carbonyl (C=O) groups is 2. The van der Waals surface area contributed by atoms with Gasteiger partial charge in [-0.05, 0) is 96.3 Å². The molecule has 0 unspecified atom stereocenters. The quantitative estimate of drug-likeness (QED) is 0.217. The van der Waals surface area contributed by atoms with Crippen molar-refractivity contribution in [2.45, 2.75) is 101 Å². The first-order valence-electron chi connectivity index (χ1n) is 16.3. The van der Waals surface area contributed by atoms with Crippen LogP contribution in [0, 0.1) is 6.92 Å². The highest BCUT2D eigenvalue weighted by Crippen LogP contribution is 2.53. The van der Waals surface area contributed by atoms with Crippen LogP contribution in [-0.4, -0.2) is 118 Å². The van der Waals surface area contributed by atoms with E-state index in [9.17, 15) is 30.0 Å². The van der Waals surface area contributed by atoms with Crippen molar-refractivity contribution in [2.75, 3.05) is 40.8 Å². The summed E-state index contributed by atoms with van der Waals surface area (Å²) >= 11 is 0. The van der Waals surface area contributed by atoms with Crippen molar-refractivity contribution in [1.82, 2.24) is 15.1 Å². The monoisotopic (exact) mass is 655 g/mol. The van der Waals surface area contributed by atoms with Gasteiger partial charge >= 0.3 is 0 Å². The molecule has 260 valence electrons. The predicted octanol–water partition coefficient (Wildman–Crippen LogP) is 1.63. The van der Waals surface area contributed by atoms with Crippen LogP contribution in [0.25, 0.3) is 0 Å². The van der Waals surface area contributed by atoms with Gasteiger partial charge in [-0.25, -0.2) is 0 Å². The van der Waals surface area contributed by atoms with Crippen LogP contribution in [0.15, 0.2) is 42.5 Å². The van der Waals surface area contributed by atoms with E-state index in [1.54, 1.807) is 31.9 Å². The highest BCUT2D eigenvalue weighted by Gasteiger charge is 2.71. The summed E-state index contributed by atoms with van der Waals surface area (Å²) in [4.78, 5) is 29.2. The lowest BCUT2D eigenvalue weighted by molar-refractivity contribution is -0.348. The Morgan fingerprint density at radius 1 is 0.957 bits per heavy atom. The molecular formula is C36H53N3O8. The van der Waals surface area contributed by atoms with Gasteiger partial charge in [-0.1, -0.05) is 36.4 Å². The Bertz CT molecular complexity index is 1420. The predicted molar refractivity (Wildman–Crippen MR) is 178 cm³/mol. The van der Waals surface area contributed by atoms with Crippen LogP contribution in [-0.2, 0) is 37.7 Å². The van der Waals surface area contributed by atoms with Gasteiger partial charge in [0.05, 0.1) is 12.2 Å². The summed E-state index contributed by atoms with van der Waals surface area (Å²) in [6, 6.07) is 13.7. The maximum Gasteiger partial charge on any atom is 0.247 e. The maximum atomic E-state index is 12.9. The van der Waals surface area contributed by atoms with Crippen LogP contribution in [0.1, 0.15) is 68.4 Å². The van der Waals surface area contributed by atoms with Crippen molar-refractivity contribution >= 4 is 11.8 Å². The van der Waals surface area contributed by atoms with Crippen molar-refractivity contribution in [3.05, 3.63) is 70.3 Å². The van der Waals surface area contributed by atoms with Crippen molar-refractivity contribution in [3.63, 3.8) is 0 Å². The Kier molecular flexibility index (Phi) is 10.9. The van der Waals surface area contributed by atoms with E-state index >= 15 is 0 Å². The SMILES string of the molecule is Cc1ccc([C@]23OC[C@](C(C)(C)O)(O2)[C@@H](O)[C@H](O)[C@H]3O)cc1Cc1ccc(CCCC(=O)NC(C)(C)C(=O)N(C)CCN(C)C)cc1. The summed E-state index contributed by atoms with van der Waals surface area (Å²) in [5.41, 5.74) is 0.451. The molecule has 0 radical (unpaired) electrons. The van der Waals surface area contributed by atoms with Gasteiger partial charge in [-0.3, -0.25) is 9.59 Å². The molecule has 0 aromatic heterocycles. The summed E-state index contributed by atoms with van der Waals surface area (Å²) in [6.45, 7) is 9.54. The molecule has 4 rings (SSSR count). The molecule has 11 nitrogen and oxygen atoms in total. The van der Waals surface area contributed by atoms with Crippen LogP contribution in [0.3, 0.4) is 0 Å². The van der Waals surface area contributed by atoms with E-state index in [1.807, 2.05) is 62.3 Å². The number of hydrogen-bond acceptors (Lipinski definition) is 9. The van der Waals surface area contributed by atoms with Gasteiger partial charge in [0.15, 0.2) is 5.60 Å². The lowest BCUT2D eigenvalue weighted by Gasteiger charge is -2.50. The fourth-order valence-corrected chi connectivity index (χ4v) is 6.45. The third kappa shape index (κ3) is 7.57. The molecule has 2 amide bonds. The Balaban J connectivity index is 1.36. The summed E-state index contributed by atoms with van der Waals surface area (Å²) < 4.78 is 12.2. The first-order valence-corrected chi connectivity index (χ1v) is 16.3. The molecule has 0 saturated carbocycles. The largest absolute Gasteiger partial charge is 0.387 e. The molecule has 2 bridgehead atoms. The van der Waals surface area contributed by atoms with Gasteiger partial charge in [0.2, 0.25) is 17.6 Å². The molecule has 2 aliphatic heterocycles. The van der Waals surface area contributed by atoms with E-state index in [4.69, 9.17) is 9.47 Å². The third-order valence-electron chi connectivity index (χ3n) is 9.64. The van der Waals surface area contributed by atoms with Crippen molar-refractivity contribution in [2.24, 2.45) is 0 Å². The molecule has 2 aromatic rings. The van der Waals surface area contributed by atoms with E-state index in [1.165, 1.54) is 13.8 Å². The number of hydrogen-bond donors (Lipinski definition) is 5. The number of aryl methyl sites for hydroxylation is 2. The number of aliphatic hydroxyl groups is 4. The highest BCUT2D eigenvalue weighted by atomic mass is 16.8. The van der Waals surface area contributed by atoms with Crippen LogP contribution in [0.5, 0.6) is 0 Å². The molecule has 5 N–H and O–H groups in total. The fraction of sp³-hybridized carbons (Fsp3) is 0.611. The molecule has 2 aromatic carbocycles. The van der Waals surface area contributed by atoms with Gasteiger partial charge in [0, 0.05) is 32.1 Å². The first-order chi connectivity index (χ1) is 21.8. The second-order valence-corrected chi connectivity index (χ2v) is 14.6. The smallest absolute Gasteiger partial charge is 0.247 e. The van der Waals surface area contributed by atoms with Crippen LogP contribution >= 0.6 is 0 Å². The summed E-state index contributed by atoms with van der Waals surface area (Å²) in [5.74, 6) is -2.03.